The summed E-state index contributed by atoms with van der Waals surface area (Å²) in [5.74, 6) is 0. The van der Waals surface area contributed by atoms with Crippen molar-refractivity contribution < 1.29 is 13.9 Å². The second-order valence-electron chi connectivity index (χ2n) is 2.54. The molecule has 1 rings (SSSR count). The highest BCUT2D eigenvalue weighted by Crippen LogP contribution is 1.96. The number of carbonyl (C=O) groups is 1. The fourth-order valence-corrected chi connectivity index (χ4v) is 1.06. The third kappa shape index (κ3) is 2.65. The summed E-state index contributed by atoms with van der Waals surface area (Å²) in [6.07, 6.45) is -0.408. The van der Waals surface area contributed by atoms with E-state index in [9.17, 15) is 9.18 Å². The van der Waals surface area contributed by atoms with Crippen molar-refractivity contribution in [2.24, 2.45) is 0 Å². The van der Waals surface area contributed by atoms with Gasteiger partial charge in [-0.2, -0.15) is 0 Å². The maximum absolute atomic E-state index is 11.6. The zero-order valence-electron chi connectivity index (χ0n) is 6.88. The predicted octanol–water partition coefficient (Wildman–Crippen LogP) is -0.00230. The molecule has 70 valence electrons. The first-order valence-electron chi connectivity index (χ1n) is 4.03. The number of carbonyl (C=O) groups excluding carboxylic acids is 1. The van der Waals surface area contributed by atoms with Gasteiger partial charge in [-0.3, -0.25) is 0 Å². The van der Waals surface area contributed by atoms with E-state index >= 15 is 0 Å². The van der Waals surface area contributed by atoms with Crippen LogP contribution in [0.3, 0.4) is 0 Å². The molecule has 0 spiro atoms. The Morgan fingerprint density at radius 2 is 2.17 bits per heavy atom. The lowest BCUT2D eigenvalue weighted by Gasteiger charge is -2.26. The Morgan fingerprint density at radius 3 is 2.75 bits per heavy atom. The van der Waals surface area contributed by atoms with E-state index in [1.165, 1.54) is 0 Å². The third-order valence-electron chi connectivity index (χ3n) is 1.68. The fourth-order valence-electron chi connectivity index (χ4n) is 1.06. The van der Waals surface area contributed by atoms with E-state index in [4.69, 9.17) is 0 Å². The molecule has 0 aromatic carbocycles. The number of amides is 1. The molecule has 1 fully saturated rings. The molecule has 0 aromatic heterocycles. The maximum Gasteiger partial charge on any atom is 0.409 e. The molecule has 0 unspecified atom stereocenters. The van der Waals surface area contributed by atoms with Gasteiger partial charge >= 0.3 is 6.09 Å². The molecule has 1 heterocycles. The first-order valence-corrected chi connectivity index (χ1v) is 4.03. The van der Waals surface area contributed by atoms with E-state index in [1.54, 1.807) is 4.90 Å². The van der Waals surface area contributed by atoms with Crippen molar-refractivity contribution >= 4 is 6.09 Å². The molecule has 1 aliphatic rings. The average molecular weight is 176 g/mol. The van der Waals surface area contributed by atoms with Crippen LogP contribution in [0.15, 0.2) is 0 Å². The van der Waals surface area contributed by atoms with E-state index in [2.05, 4.69) is 10.1 Å². The minimum atomic E-state index is -0.613. The third-order valence-corrected chi connectivity index (χ3v) is 1.68. The summed E-state index contributed by atoms with van der Waals surface area (Å²) >= 11 is 0. The summed E-state index contributed by atoms with van der Waals surface area (Å²) in [7, 11) is 0. The molecule has 1 amide bonds. The highest BCUT2D eigenvalue weighted by molar-refractivity contribution is 5.67. The van der Waals surface area contributed by atoms with E-state index in [1.807, 2.05) is 0 Å². The van der Waals surface area contributed by atoms with Gasteiger partial charge in [-0.05, 0) is 0 Å². The van der Waals surface area contributed by atoms with Crippen LogP contribution in [0.5, 0.6) is 0 Å². The molecule has 5 heteroatoms. The molecule has 0 aromatic rings. The van der Waals surface area contributed by atoms with Crippen molar-refractivity contribution in [2.45, 2.75) is 0 Å². The Bertz CT molecular complexity index is 148. The lowest BCUT2D eigenvalue weighted by molar-refractivity contribution is 0.0921. The van der Waals surface area contributed by atoms with Crippen LogP contribution >= 0.6 is 0 Å². The molecule has 1 saturated heterocycles. The van der Waals surface area contributed by atoms with Crippen LogP contribution in [0, 0.1) is 0 Å². The molecule has 0 radical (unpaired) electrons. The standard InChI is InChI=1S/C7H13FN2O2/c8-1-6-12-7(11)10-4-2-9-3-5-10/h9H,1-6H2. The predicted molar refractivity (Wildman–Crippen MR) is 41.8 cm³/mol. The number of alkyl halides is 1. The zero-order chi connectivity index (χ0) is 8.81. The van der Waals surface area contributed by atoms with Crippen LogP contribution in [0.1, 0.15) is 0 Å². The summed E-state index contributed by atoms with van der Waals surface area (Å²) in [6, 6.07) is 0. The Balaban J connectivity index is 2.20. The van der Waals surface area contributed by atoms with Crippen molar-refractivity contribution in [1.82, 2.24) is 10.2 Å². The van der Waals surface area contributed by atoms with Gasteiger partial charge in [0.15, 0.2) is 0 Å². The van der Waals surface area contributed by atoms with Crippen LogP contribution in [-0.4, -0.2) is 50.5 Å². The van der Waals surface area contributed by atoms with Crippen LogP contribution in [0.2, 0.25) is 0 Å². The molecule has 0 atom stereocenters. The molecule has 1 N–H and O–H groups in total. The van der Waals surface area contributed by atoms with Gasteiger partial charge in [0, 0.05) is 26.2 Å². The van der Waals surface area contributed by atoms with E-state index in [-0.39, 0.29) is 6.61 Å². The van der Waals surface area contributed by atoms with Gasteiger partial charge in [-0.1, -0.05) is 0 Å². The second kappa shape index (κ2) is 4.92. The van der Waals surface area contributed by atoms with Crippen LogP contribution in [0.25, 0.3) is 0 Å². The largest absolute Gasteiger partial charge is 0.447 e. The van der Waals surface area contributed by atoms with Gasteiger partial charge in [-0.25, -0.2) is 9.18 Å². The molecule has 4 nitrogen and oxygen atoms in total. The highest BCUT2D eigenvalue weighted by Gasteiger charge is 2.16. The summed E-state index contributed by atoms with van der Waals surface area (Å²) in [5.41, 5.74) is 0. The van der Waals surface area contributed by atoms with Crippen molar-refractivity contribution in [3.63, 3.8) is 0 Å². The molecule has 0 aliphatic carbocycles. The van der Waals surface area contributed by atoms with Gasteiger partial charge < -0.3 is 15.0 Å². The lowest BCUT2D eigenvalue weighted by atomic mass is 10.4. The fraction of sp³-hybridized carbons (Fsp3) is 0.857. The van der Waals surface area contributed by atoms with Gasteiger partial charge in [0.25, 0.3) is 0 Å². The molecule has 0 saturated carbocycles. The van der Waals surface area contributed by atoms with Gasteiger partial charge in [0.2, 0.25) is 0 Å². The van der Waals surface area contributed by atoms with Crippen LogP contribution in [-0.2, 0) is 4.74 Å². The first-order chi connectivity index (χ1) is 5.84. The smallest absolute Gasteiger partial charge is 0.409 e. The van der Waals surface area contributed by atoms with Gasteiger partial charge in [-0.15, -0.1) is 0 Å². The minimum absolute atomic E-state index is 0.136. The quantitative estimate of drug-likeness (QED) is 0.643. The number of ether oxygens (including phenoxy) is 1. The van der Waals surface area contributed by atoms with Gasteiger partial charge in [0.1, 0.15) is 13.3 Å². The molecule has 12 heavy (non-hydrogen) atoms. The Kier molecular flexibility index (Phi) is 3.79. The van der Waals surface area contributed by atoms with Crippen LogP contribution < -0.4 is 5.32 Å². The summed E-state index contributed by atoms with van der Waals surface area (Å²) in [4.78, 5) is 12.6. The lowest BCUT2D eigenvalue weighted by Crippen LogP contribution is -2.46. The van der Waals surface area contributed by atoms with E-state index in [0.29, 0.717) is 13.1 Å². The van der Waals surface area contributed by atoms with Gasteiger partial charge in [0.05, 0.1) is 0 Å². The van der Waals surface area contributed by atoms with E-state index in [0.717, 1.165) is 13.1 Å². The van der Waals surface area contributed by atoms with E-state index < -0.39 is 12.8 Å². The Labute approximate surface area is 70.7 Å². The number of hydrogen-bond donors (Lipinski definition) is 1. The summed E-state index contributed by atoms with van der Waals surface area (Å²) in [5, 5.41) is 3.10. The Morgan fingerprint density at radius 1 is 1.50 bits per heavy atom. The number of hydrogen-bond acceptors (Lipinski definition) is 3. The monoisotopic (exact) mass is 176 g/mol. The van der Waals surface area contributed by atoms with Crippen molar-refractivity contribution in [2.75, 3.05) is 39.5 Å². The first kappa shape index (κ1) is 9.25. The number of nitrogens with zero attached hydrogens (tertiary/aromatic N) is 1. The number of piperazine rings is 1. The number of nitrogens with one attached hydrogen (secondary N) is 1. The van der Waals surface area contributed by atoms with Crippen molar-refractivity contribution in [3.05, 3.63) is 0 Å². The summed E-state index contributed by atoms with van der Waals surface area (Å²) < 4.78 is 16.2. The second-order valence-corrected chi connectivity index (χ2v) is 2.54. The number of halogens is 1. The normalized spacial score (nSPS) is 17.6. The number of rotatable bonds is 2. The molecule has 0 bridgehead atoms. The van der Waals surface area contributed by atoms with Crippen molar-refractivity contribution in [1.29, 1.82) is 0 Å². The SMILES string of the molecule is O=C(OCCF)N1CCNCC1. The maximum atomic E-state index is 11.6. The molecular formula is C7H13FN2O2. The average Bonchev–Trinajstić information content (AvgIpc) is 2.15. The highest BCUT2D eigenvalue weighted by atomic mass is 19.1. The topological polar surface area (TPSA) is 41.6 Å². The molecule has 1 aliphatic heterocycles. The van der Waals surface area contributed by atoms with Crippen molar-refractivity contribution in [3.8, 4) is 0 Å². The summed E-state index contributed by atoms with van der Waals surface area (Å²) in [6.45, 7) is 2.10. The zero-order valence-corrected chi connectivity index (χ0v) is 6.88. The minimum Gasteiger partial charge on any atom is -0.447 e. The Hall–Kier alpha value is -0.840. The van der Waals surface area contributed by atoms with Crippen LogP contribution in [0.4, 0.5) is 9.18 Å². The molecular weight excluding hydrogens is 163 g/mol.